The minimum absolute atomic E-state index is 0.0834. The minimum Gasteiger partial charge on any atom is -0.507 e. The van der Waals surface area contributed by atoms with Crippen LogP contribution in [0.5, 0.6) is 0 Å². The summed E-state index contributed by atoms with van der Waals surface area (Å²) in [5.74, 6) is -0.963. The van der Waals surface area contributed by atoms with E-state index >= 15 is 0 Å². The Hall–Kier alpha value is -2.90. The Morgan fingerprint density at radius 1 is 1.13 bits per heavy atom. The Morgan fingerprint density at radius 2 is 1.90 bits per heavy atom. The molecule has 0 spiro atoms. The van der Waals surface area contributed by atoms with Crippen molar-refractivity contribution in [2.75, 3.05) is 39.4 Å². The SMILES string of the molecule is Cc1ccc(C)c(C(O)=C2C(=O)C(=O)N(CCCN3CCOCC3)C2c2ccco2)c1. The van der Waals surface area contributed by atoms with Gasteiger partial charge in [0.05, 0.1) is 25.1 Å². The fourth-order valence-electron chi connectivity index (χ4n) is 4.28. The molecule has 2 saturated heterocycles. The average molecular weight is 424 g/mol. The number of ketones is 1. The molecule has 7 nitrogen and oxygen atoms in total. The third kappa shape index (κ3) is 4.29. The van der Waals surface area contributed by atoms with Crippen LogP contribution in [0.1, 0.15) is 34.9 Å². The van der Waals surface area contributed by atoms with Gasteiger partial charge in [-0.25, -0.2) is 0 Å². The first-order valence-corrected chi connectivity index (χ1v) is 10.7. The number of aliphatic hydroxyl groups is 1. The quantitative estimate of drug-likeness (QED) is 0.436. The zero-order chi connectivity index (χ0) is 22.0. The number of aryl methyl sites for hydroxylation is 2. The normalized spacial score (nSPS) is 21.7. The molecule has 0 radical (unpaired) electrons. The van der Waals surface area contributed by atoms with Gasteiger partial charge in [0.1, 0.15) is 17.6 Å². The number of carbonyl (C=O) groups is 2. The lowest BCUT2D eigenvalue weighted by atomic mass is 9.96. The average Bonchev–Trinajstić information content (AvgIpc) is 3.38. The van der Waals surface area contributed by atoms with Gasteiger partial charge in [-0.05, 0) is 44.0 Å². The maximum atomic E-state index is 13.0. The van der Waals surface area contributed by atoms with E-state index in [4.69, 9.17) is 9.15 Å². The molecule has 31 heavy (non-hydrogen) atoms. The van der Waals surface area contributed by atoms with Gasteiger partial charge in [0.15, 0.2) is 0 Å². The summed E-state index contributed by atoms with van der Waals surface area (Å²) >= 11 is 0. The Morgan fingerprint density at radius 3 is 2.61 bits per heavy atom. The molecule has 1 aromatic heterocycles. The van der Waals surface area contributed by atoms with E-state index in [1.54, 1.807) is 12.1 Å². The zero-order valence-electron chi connectivity index (χ0n) is 18.0. The second kappa shape index (κ2) is 9.08. The van der Waals surface area contributed by atoms with Crippen molar-refractivity contribution in [3.8, 4) is 0 Å². The van der Waals surface area contributed by atoms with Crippen molar-refractivity contribution in [2.45, 2.75) is 26.3 Å². The summed E-state index contributed by atoms with van der Waals surface area (Å²) < 4.78 is 11.0. The van der Waals surface area contributed by atoms with Gasteiger partial charge < -0.3 is 19.2 Å². The van der Waals surface area contributed by atoms with Crippen LogP contribution in [0.3, 0.4) is 0 Å². The molecule has 7 heteroatoms. The van der Waals surface area contributed by atoms with E-state index in [0.29, 0.717) is 37.5 Å². The summed E-state index contributed by atoms with van der Waals surface area (Å²) in [5, 5.41) is 11.1. The van der Waals surface area contributed by atoms with Crippen molar-refractivity contribution in [3.63, 3.8) is 0 Å². The van der Waals surface area contributed by atoms with Gasteiger partial charge >= 0.3 is 0 Å². The van der Waals surface area contributed by atoms with Crippen molar-refractivity contribution < 1.29 is 23.8 Å². The molecule has 4 rings (SSSR count). The molecule has 1 unspecified atom stereocenters. The summed E-state index contributed by atoms with van der Waals surface area (Å²) in [6.07, 6.45) is 2.23. The van der Waals surface area contributed by atoms with Crippen LogP contribution in [0.2, 0.25) is 0 Å². The lowest BCUT2D eigenvalue weighted by Crippen LogP contribution is -2.38. The van der Waals surface area contributed by atoms with Gasteiger partial charge in [-0.15, -0.1) is 0 Å². The number of hydrogen-bond acceptors (Lipinski definition) is 6. The molecule has 0 saturated carbocycles. The molecule has 2 aromatic rings. The van der Waals surface area contributed by atoms with Crippen molar-refractivity contribution in [1.29, 1.82) is 0 Å². The summed E-state index contributed by atoms with van der Waals surface area (Å²) in [5.41, 5.74) is 2.43. The van der Waals surface area contributed by atoms with E-state index in [1.807, 2.05) is 32.0 Å². The van der Waals surface area contributed by atoms with Gasteiger partial charge in [0, 0.05) is 31.7 Å². The monoisotopic (exact) mass is 424 g/mol. The molecule has 1 aromatic carbocycles. The van der Waals surface area contributed by atoms with E-state index < -0.39 is 17.7 Å². The van der Waals surface area contributed by atoms with Crippen LogP contribution in [-0.4, -0.2) is 66.0 Å². The van der Waals surface area contributed by atoms with Gasteiger partial charge in [-0.1, -0.05) is 17.7 Å². The predicted octanol–water partition coefficient (Wildman–Crippen LogP) is 3.04. The number of aliphatic hydroxyl groups excluding tert-OH is 1. The number of hydrogen-bond donors (Lipinski definition) is 1. The second-order valence-electron chi connectivity index (χ2n) is 8.13. The summed E-state index contributed by atoms with van der Waals surface area (Å²) in [7, 11) is 0. The van der Waals surface area contributed by atoms with Gasteiger partial charge in [-0.3, -0.25) is 14.5 Å². The predicted molar refractivity (Wildman–Crippen MR) is 116 cm³/mol. The zero-order valence-corrected chi connectivity index (χ0v) is 18.0. The first-order chi connectivity index (χ1) is 15.0. The van der Waals surface area contributed by atoms with Crippen molar-refractivity contribution in [3.05, 3.63) is 64.6 Å². The van der Waals surface area contributed by atoms with Crippen LogP contribution in [0.25, 0.3) is 5.76 Å². The van der Waals surface area contributed by atoms with Crippen molar-refractivity contribution in [1.82, 2.24) is 9.80 Å². The Bertz CT molecular complexity index is 989. The number of morpholine rings is 1. The highest BCUT2D eigenvalue weighted by Gasteiger charge is 2.47. The highest BCUT2D eigenvalue weighted by atomic mass is 16.5. The number of ether oxygens (including phenoxy) is 1. The first kappa shape index (κ1) is 21.3. The lowest BCUT2D eigenvalue weighted by molar-refractivity contribution is -0.140. The number of rotatable bonds is 6. The van der Waals surface area contributed by atoms with Crippen molar-refractivity contribution in [2.24, 2.45) is 0 Å². The maximum absolute atomic E-state index is 13.0. The van der Waals surface area contributed by atoms with Gasteiger partial charge in [-0.2, -0.15) is 0 Å². The molecule has 3 heterocycles. The summed E-state index contributed by atoms with van der Waals surface area (Å²) in [6.45, 7) is 8.17. The standard InChI is InChI=1S/C24H28N2O5/c1-16-6-7-17(2)18(15-16)22(27)20-21(19-5-3-12-31-19)26(24(29)23(20)28)9-4-8-25-10-13-30-14-11-25/h3,5-7,12,15,21,27H,4,8-11,13-14H2,1-2H3. The second-order valence-corrected chi connectivity index (χ2v) is 8.13. The van der Waals surface area contributed by atoms with Gasteiger partial charge in [0.25, 0.3) is 11.7 Å². The third-order valence-electron chi connectivity index (χ3n) is 5.98. The van der Waals surface area contributed by atoms with Crippen LogP contribution >= 0.6 is 0 Å². The van der Waals surface area contributed by atoms with Gasteiger partial charge in [0.2, 0.25) is 0 Å². The largest absolute Gasteiger partial charge is 0.507 e. The van der Waals surface area contributed by atoms with Crippen LogP contribution < -0.4 is 0 Å². The smallest absolute Gasteiger partial charge is 0.295 e. The molecule has 1 N–H and O–H groups in total. The van der Waals surface area contributed by atoms with E-state index in [2.05, 4.69) is 4.90 Å². The number of amides is 1. The summed E-state index contributed by atoms with van der Waals surface area (Å²) in [4.78, 5) is 29.8. The molecule has 1 amide bonds. The Labute approximate surface area is 181 Å². The number of benzene rings is 1. The topological polar surface area (TPSA) is 83.2 Å². The molecular formula is C24H28N2O5. The fourth-order valence-corrected chi connectivity index (χ4v) is 4.28. The molecule has 0 bridgehead atoms. The number of Topliss-reactive ketones (excluding diaryl/α,β-unsaturated/α-hetero) is 1. The maximum Gasteiger partial charge on any atom is 0.295 e. The molecule has 2 aliphatic heterocycles. The molecule has 2 fully saturated rings. The van der Waals surface area contributed by atoms with E-state index in [0.717, 1.165) is 30.8 Å². The van der Waals surface area contributed by atoms with E-state index in [1.165, 1.54) is 11.2 Å². The Kier molecular flexibility index (Phi) is 6.25. The van der Waals surface area contributed by atoms with E-state index in [9.17, 15) is 14.7 Å². The number of carbonyl (C=O) groups excluding carboxylic acids is 2. The summed E-state index contributed by atoms with van der Waals surface area (Å²) in [6, 6.07) is 8.39. The van der Waals surface area contributed by atoms with Crippen LogP contribution in [0, 0.1) is 13.8 Å². The first-order valence-electron chi connectivity index (χ1n) is 10.7. The van der Waals surface area contributed by atoms with Crippen LogP contribution in [0.4, 0.5) is 0 Å². The van der Waals surface area contributed by atoms with Crippen LogP contribution in [-0.2, 0) is 14.3 Å². The highest BCUT2D eigenvalue weighted by Crippen LogP contribution is 2.40. The number of likely N-dealkylation sites (tertiary alicyclic amines) is 1. The molecule has 0 aliphatic carbocycles. The number of furan rings is 1. The van der Waals surface area contributed by atoms with E-state index in [-0.39, 0.29) is 11.3 Å². The van der Waals surface area contributed by atoms with Crippen molar-refractivity contribution >= 4 is 17.4 Å². The molecule has 2 aliphatic rings. The highest BCUT2D eigenvalue weighted by molar-refractivity contribution is 6.46. The molecular weight excluding hydrogens is 396 g/mol. The fraction of sp³-hybridized carbons (Fsp3) is 0.417. The minimum atomic E-state index is -0.736. The van der Waals surface area contributed by atoms with Crippen LogP contribution in [0.15, 0.2) is 46.6 Å². The molecule has 1 atom stereocenters. The Balaban J connectivity index is 1.65. The lowest BCUT2D eigenvalue weighted by Gasteiger charge is -2.28. The third-order valence-corrected chi connectivity index (χ3v) is 5.98. The molecule has 164 valence electrons. The number of nitrogens with zero attached hydrogens (tertiary/aromatic N) is 2.